The average Bonchev–Trinajstić information content (AvgIpc) is 2.95. The minimum atomic E-state index is -0.655. The first-order chi connectivity index (χ1) is 14.0. The van der Waals surface area contributed by atoms with Crippen molar-refractivity contribution in [1.82, 2.24) is 0 Å². The summed E-state index contributed by atoms with van der Waals surface area (Å²) in [5.41, 5.74) is 0. The fourth-order valence-electron chi connectivity index (χ4n) is 3.67. The Bertz CT molecular complexity index is 525. The zero-order valence-corrected chi connectivity index (χ0v) is 18.2. The molecule has 0 radical (unpaired) electrons. The molecule has 166 valence electrons. The Morgan fingerprint density at radius 2 is 1.97 bits per heavy atom. The zero-order chi connectivity index (χ0) is 21.5. The van der Waals surface area contributed by atoms with E-state index in [1.807, 2.05) is 19.1 Å². The molecule has 5 nitrogen and oxygen atoms in total. The van der Waals surface area contributed by atoms with Crippen molar-refractivity contribution >= 4 is 11.8 Å². The van der Waals surface area contributed by atoms with Crippen LogP contribution in [0, 0.1) is 11.8 Å². The molecule has 0 bridgehead atoms. The first-order valence-corrected chi connectivity index (χ1v) is 11.4. The third-order valence-electron chi connectivity index (χ3n) is 5.43. The van der Waals surface area contributed by atoms with Gasteiger partial charge in [0.15, 0.2) is 0 Å². The quantitative estimate of drug-likeness (QED) is 0.237. The Hall–Kier alpha value is -1.46. The Morgan fingerprint density at radius 3 is 2.69 bits per heavy atom. The molecule has 0 aliphatic heterocycles. The largest absolute Gasteiger partial charge is 0.466 e. The lowest BCUT2D eigenvalue weighted by Crippen LogP contribution is -2.18. The number of rotatable bonds is 15. The van der Waals surface area contributed by atoms with Crippen molar-refractivity contribution in [3.8, 4) is 0 Å². The summed E-state index contributed by atoms with van der Waals surface area (Å²) in [7, 11) is 0. The number of Topliss-reactive ketones (excluding diaryl/α,β-unsaturated/α-hetero) is 1. The number of aliphatic hydroxyl groups excluding tert-OH is 2. The maximum Gasteiger partial charge on any atom is 0.305 e. The van der Waals surface area contributed by atoms with Gasteiger partial charge in [-0.25, -0.2) is 0 Å². The fourth-order valence-corrected chi connectivity index (χ4v) is 3.67. The van der Waals surface area contributed by atoms with Gasteiger partial charge in [0.1, 0.15) is 5.78 Å². The van der Waals surface area contributed by atoms with E-state index in [4.69, 9.17) is 4.74 Å². The minimum Gasteiger partial charge on any atom is -0.466 e. The Labute approximate surface area is 176 Å². The smallest absolute Gasteiger partial charge is 0.305 e. The number of ketones is 1. The number of hydrogen-bond donors (Lipinski definition) is 2. The zero-order valence-electron chi connectivity index (χ0n) is 18.2. The van der Waals surface area contributed by atoms with E-state index < -0.39 is 12.2 Å². The summed E-state index contributed by atoms with van der Waals surface area (Å²) in [5.74, 6) is -0.461. The monoisotopic (exact) mass is 408 g/mol. The van der Waals surface area contributed by atoms with Gasteiger partial charge in [-0.2, -0.15) is 0 Å². The molecule has 29 heavy (non-hydrogen) atoms. The van der Waals surface area contributed by atoms with Crippen LogP contribution >= 0.6 is 0 Å². The van der Waals surface area contributed by atoms with Crippen molar-refractivity contribution in [2.75, 3.05) is 6.61 Å². The third kappa shape index (κ3) is 10.8. The second kappa shape index (κ2) is 15.4. The molecule has 0 spiro atoms. The summed E-state index contributed by atoms with van der Waals surface area (Å²) in [6.07, 6.45) is 15.2. The maximum atomic E-state index is 12.2. The van der Waals surface area contributed by atoms with Crippen molar-refractivity contribution in [3.05, 3.63) is 24.3 Å². The molecular weight excluding hydrogens is 368 g/mol. The summed E-state index contributed by atoms with van der Waals surface area (Å²) >= 11 is 0. The van der Waals surface area contributed by atoms with Crippen molar-refractivity contribution in [3.63, 3.8) is 0 Å². The molecular formula is C24H40O5. The summed E-state index contributed by atoms with van der Waals surface area (Å²) in [5, 5.41) is 20.3. The van der Waals surface area contributed by atoms with Crippen LogP contribution in [0.5, 0.6) is 0 Å². The summed E-state index contributed by atoms with van der Waals surface area (Å²) in [6, 6.07) is 0. The van der Waals surface area contributed by atoms with Crippen LogP contribution in [-0.2, 0) is 14.3 Å². The van der Waals surface area contributed by atoms with Gasteiger partial charge in [-0.05, 0) is 38.5 Å². The van der Waals surface area contributed by atoms with Gasteiger partial charge in [0.05, 0.1) is 18.8 Å². The van der Waals surface area contributed by atoms with Gasteiger partial charge < -0.3 is 14.9 Å². The average molecular weight is 409 g/mol. The molecule has 1 rings (SSSR count). The maximum absolute atomic E-state index is 12.2. The number of carbonyl (C=O) groups is 2. The fraction of sp³-hybridized carbons (Fsp3) is 0.750. The molecule has 0 heterocycles. The van der Waals surface area contributed by atoms with Crippen molar-refractivity contribution in [2.24, 2.45) is 11.8 Å². The highest BCUT2D eigenvalue weighted by molar-refractivity contribution is 5.84. The molecule has 1 saturated carbocycles. The first kappa shape index (κ1) is 25.6. The summed E-state index contributed by atoms with van der Waals surface area (Å²) in [4.78, 5) is 23.5. The third-order valence-corrected chi connectivity index (χ3v) is 5.43. The Morgan fingerprint density at radius 1 is 1.17 bits per heavy atom. The van der Waals surface area contributed by atoms with E-state index in [0.29, 0.717) is 19.4 Å². The molecule has 4 atom stereocenters. The molecule has 0 aromatic carbocycles. The van der Waals surface area contributed by atoms with E-state index in [0.717, 1.165) is 51.4 Å². The van der Waals surface area contributed by atoms with Crippen LogP contribution in [0.3, 0.4) is 0 Å². The van der Waals surface area contributed by atoms with Gasteiger partial charge in [-0.1, -0.05) is 57.4 Å². The second-order valence-corrected chi connectivity index (χ2v) is 8.04. The standard InChI is InChI=1S/C24H40O5/c1-3-5-9-13-19(25)15-16-21-20(22(26)18-23(21)27)14-10-7-6-8-11-17-29-24(28)12-4-2/h7,10,15-16,19-21,23,25,27H,3-6,8-9,11-14,17-18H2,1-2H3/t19-,20+,21+,23+/m0/s1. The highest BCUT2D eigenvalue weighted by Crippen LogP contribution is 2.33. The Kier molecular flexibility index (Phi) is 13.6. The lowest BCUT2D eigenvalue weighted by molar-refractivity contribution is -0.143. The van der Waals surface area contributed by atoms with Crippen molar-refractivity contribution in [1.29, 1.82) is 0 Å². The predicted octanol–water partition coefficient (Wildman–Crippen LogP) is 4.51. The molecule has 1 aliphatic carbocycles. The van der Waals surface area contributed by atoms with Gasteiger partial charge in [-0.3, -0.25) is 9.59 Å². The Balaban J connectivity index is 2.33. The number of allylic oxidation sites excluding steroid dienone is 2. The van der Waals surface area contributed by atoms with Crippen LogP contribution in [0.4, 0.5) is 0 Å². The van der Waals surface area contributed by atoms with Gasteiger partial charge in [0.2, 0.25) is 0 Å². The molecule has 0 aromatic rings. The summed E-state index contributed by atoms with van der Waals surface area (Å²) in [6.45, 7) is 4.55. The van der Waals surface area contributed by atoms with E-state index in [1.165, 1.54) is 0 Å². The highest BCUT2D eigenvalue weighted by Gasteiger charge is 2.39. The lowest BCUT2D eigenvalue weighted by atomic mass is 9.90. The predicted molar refractivity (Wildman–Crippen MR) is 115 cm³/mol. The molecule has 1 aliphatic rings. The van der Waals surface area contributed by atoms with Crippen LogP contribution in [-0.4, -0.2) is 40.8 Å². The second-order valence-electron chi connectivity index (χ2n) is 8.04. The van der Waals surface area contributed by atoms with Crippen LogP contribution in [0.25, 0.3) is 0 Å². The number of hydrogen-bond acceptors (Lipinski definition) is 5. The van der Waals surface area contributed by atoms with E-state index in [9.17, 15) is 19.8 Å². The topological polar surface area (TPSA) is 83.8 Å². The highest BCUT2D eigenvalue weighted by atomic mass is 16.5. The normalized spacial score (nSPS) is 23.3. The first-order valence-electron chi connectivity index (χ1n) is 11.4. The van der Waals surface area contributed by atoms with E-state index in [2.05, 4.69) is 13.0 Å². The number of carbonyl (C=O) groups excluding carboxylic acids is 2. The SMILES string of the molecule is CCCCC[C@H](O)C=C[C@H]1[C@H](O)CC(=O)[C@@H]1CC=CCCCCOC(=O)CCC. The van der Waals surface area contributed by atoms with E-state index in [-0.39, 0.29) is 30.0 Å². The van der Waals surface area contributed by atoms with Gasteiger partial charge in [0, 0.05) is 24.7 Å². The minimum absolute atomic E-state index is 0.0973. The van der Waals surface area contributed by atoms with E-state index in [1.54, 1.807) is 6.08 Å². The molecule has 1 fully saturated rings. The number of esters is 1. The molecule has 0 amide bonds. The van der Waals surface area contributed by atoms with Crippen LogP contribution in [0.1, 0.15) is 84.5 Å². The van der Waals surface area contributed by atoms with Crippen molar-refractivity contribution in [2.45, 2.75) is 96.7 Å². The number of unbranched alkanes of at least 4 members (excludes halogenated alkanes) is 4. The molecule has 5 heteroatoms. The lowest BCUT2D eigenvalue weighted by Gasteiger charge is -2.16. The van der Waals surface area contributed by atoms with Crippen LogP contribution in [0.15, 0.2) is 24.3 Å². The summed E-state index contributed by atoms with van der Waals surface area (Å²) < 4.78 is 5.12. The van der Waals surface area contributed by atoms with Gasteiger partial charge in [0.25, 0.3) is 0 Å². The van der Waals surface area contributed by atoms with Gasteiger partial charge in [-0.15, -0.1) is 0 Å². The molecule has 2 N–H and O–H groups in total. The van der Waals surface area contributed by atoms with E-state index >= 15 is 0 Å². The van der Waals surface area contributed by atoms with Crippen molar-refractivity contribution < 1.29 is 24.5 Å². The molecule has 0 saturated heterocycles. The molecule has 0 unspecified atom stereocenters. The van der Waals surface area contributed by atoms with Crippen LogP contribution in [0.2, 0.25) is 0 Å². The molecule has 0 aromatic heterocycles. The number of aliphatic hydroxyl groups is 2. The number of ether oxygens (including phenoxy) is 1. The van der Waals surface area contributed by atoms with Crippen LogP contribution < -0.4 is 0 Å². The van der Waals surface area contributed by atoms with Gasteiger partial charge >= 0.3 is 5.97 Å².